The molecule has 1 aliphatic rings. The quantitative estimate of drug-likeness (QED) is 0.704. The van der Waals surface area contributed by atoms with Crippen molar-refractivity contribution in [3.63, 3.8) is 0 Å². The van der Waals surface area contributed by atoms with Crippen molar-refractivity contribution >= 4 is 10.2 Å². The lowest BCUT2D eigenvalue weighted by Crippen LogP contribution is -2.50. The minimum atomic E-state index is -3.35. The molecule has 0 aliphatic carbocycles. The number of likely N-dealkylation sites (N-methyl/N-ethyl adjacent to an activating group) is 1. The van der Waals surface area contributed by atoms with Gasteiger partial charge >= 0.3 is 0 Å². The van der Waals surface area contributed by atoms with Gasteiger partial charge in [0.1, 0.15) is 0 Å². The highest BCUT2D eigenvalue weighted by atomic mass is 32.2. The molecule has 126 valence electrons. The van der Waals surface area contributed by atoms with Crippen LogP contribution in [-0.4, -0.2) is 75.3 Å². The first-order chi connectivity index (χ1) is 9.77. The van der Waals surface area contributed by atoms with Crippen molar-refractivity contribution in [1.82, 2.24) is 13.5 Å². The molecule has 0 saturated carbocycles. The van der Waals surface area contributed by atoms with Gasteiger partial charge in [-0.3, -0.25) is 0 Å². The van der Waals surface area contributed by atoms with Gasteiger partial charge in [0.15, 0.2) is 0 Å². The third kappa shape index (κ3) is 5.83. The average molecular weight is 321 g/mol. The zero-order valence-corrected chi connectivity index (χ0v) is 14.8. The lowest BCUT2D eigenvalue weighted by Gasteiger charge is -2.35. The van der Waals surface area contributed by atoms with Crippen LogP contribution in [-0.2, 0) is 10.2 Å². The Hall–Kier alpha value is -0.210. The second kappa shape index (κ2) is 8.43. The summed E-state index contributed by atoms with van der Waals surface area (Å²) in [5.41, 5.74) is 5.68. The van der Waals surface area contributed by atoms with Crippen LogP contribution in [0.5, 0.6) is 0 Å². The second-order valence-electron chi connectivity index (χ2n) is 6.64. The fourth-order valence-corrected chi connectivity index (χ4v) is 4.36. The van der Waals surface area contributed by atoms with Gasteiger partial charge in [-0.15, -0.1) is 0 Å². The molecule has 0 aromatic carbocycles. The standard InChI is InChI=1S/C14H32N4O2S/c1-13(2)12-18(10-9-16(3)4)21(19,20)17-7-5-14(11-15)6-8-17/h13-14H,5-12,15H2,1-4H3. The lowest BCUT2D eigenvalue weighted by atomic mass is 9.99. The SMILES string of the molecule is CC(C)CN(CCN(C)C)S(=O)(=O)N1CCC(CN)CC1. The van der Waals surface area contributed by atoms with E-state index in [-0.39, 0.29) is 0 Å². The van der Waals surface area contributed by atoms with E-state index < -0.39 is 10.2 Å². The van der Waals surface area contributed by atoms with E-state index in [1.807, 2.05) is 19.0 Å². The number of hydrogen-bond acceptors (Lipinski definition) is 4. The highest BCUT2D eigenvalue weighted by molar-refractivity contribution is 7.86. The molecule has 7 heteroatoms. The molecule has 1 fully saturated rings. The highest BCUT2D eigenvalue weighted by Crippen LogP contribution is 2.21. The molecule has 21 heavy (non-hydrogen) atoms. The Morgan fingerprint density at radius 3 is 2.19 bits per heavy atom. The smallest absolute Gasteiger partial charge is 0.282 e. The predicted octanol–water partition coefficient (Wildman–Crippen LogP) is 0.422. The maximum Gasteiger partial charge on any atom is 0.282 e. The van der Waals surface area contributed by atoms with Crippen LogP contribution in [0.15, 0.2) is 0 Å². The number of piperidine rings is 1. The molecular formula is C14H32N4O2S. The fourth-order valence-electron chi connectivity index (χ4n) is 2.56. The minimum absolute atomic E-state index is 0.323. The summed E-state index contributed by atoms with van der Waals surface area (Å²) in [5.74, 6) is 0.792. The van der Waals surface area contributed by atoms with Crippen molar-refractivity contribution in [2.24, 2.45) is 17.6 Å². The van der Waals surface area contributed by atoms with E-state index in [1.54, 1.807) is 8.61 Å². The number of hydrogen-bond donors (Lipinski definition) is 1. The van der Waals surface area contributed by atoms with Crippen molar-refractivity contribution in [1.29, 1.82) is 0 Å². The molecule has 6 nitrogen and oxygen atoms in total. The summed E-state index contributed by atoms with van der Waals surface area (Å²) in [4.78, 5) is 2.02. The van der Waals surface area contributed by atoms with Gasteiger partial charge in [0.25, 0.3) is 10.2 Å². The minimum Gasteiger partial charge on any atom is -0.330 e. The molecule has 1 aliphatic heterocycles. The van der Waals surface area contributed by atoms with Crippen molar-refractivity contribution in [3.05, 3.63) is 0 Å². The third-order valence-corrected chi connectivity index (χ3v) is 5.93. The summed E-state index contributed by atoms with van der Waals surface area (Å²) in [7, 11) is 0.583. The summed E-state index contributed by atoms with van der Waals surface area (Å²) in [6, 6.07) is 0. The lowest BCUT2D eigenvalue weighted by molar-refractivity contribution is 0.244. The first kappa shape index (κ1) is 18.8. The molecule has 1 heterocycles. The molecule has 0 bridgehead atoms. The topological polar surface area (TPSA) is 69.9 Å². The molecule has 0 aromatic heterocycles. The van der Waals surface area contributed by atoms with Crippen LogP contribution in [0.4, 0.5) is 0 Å². The van der Waals surface area contributed by atoms with Crippen LogP contribution in [0.2, 0.25) is 0 Å². The molecule has 0 aromatic rings. The molecule has 2 N–H and O–H groups in total. The Kier molecular flexibility index (Phi) is 7.56. The van der Waals surface area contributed by atoms with Gasteiger partial charge in [-0.1, -0.05) is 13.8 Å². The second-order valence-corrected chi connectivity index (χ2v) is 8.57. The Balaban J connectivity index is 2.73. The third-order valence-electron chi connectivity index (χ3n) is 3.92. The van der Waals surface area contributed by atoms with Gasteiger partial charge < -0.3 is 10.6 Å². The fraction of sp³-hybridized carbons (Fsp3) is 1.00. The first-order valence-corrected chi connectivity index (χ1v) is 9.27. The average Bonchev–Trinajstić information content (AvgIpc) is 2.42. The van der Waals surface area contributed by atoms with E-state index in [2.05, 4.69) is 13.8 Å². The molecule has 0 atom stereocenters. The van der Waals surface area contributed by atoms with Crippen molar-refractivity contribution in [2.75, 3.05) is 53.4 Å². The molecule has 0 spiro atoms. The van der Waals surface area contributed by atoms with Gasteiger partial charge in [0.05, 0.1) is 0 Å². The van der Waals surface area contributed by atoms with Crippen molar-refractivity contribution < 1.29 is 8.42 Å². The monoisotopic (exact) mass is 320 g/mol. The van der Waals surface area contributed by atoms with E-state index >= 15 is 0 Å². The van der Waals surface area contributed by atoms with E-state index in [0.29, 0.717) is 44.6 Å². The summed E-state index contributed by atoms with van der Waals surface area (Å²) >= 11 is 0. The van der Waals surface area contributed by atoms with Crippen LogP contribution in [0.3, 0.4) is 0 Å². The van der Waals surface area contributed by atoms with E-state index in [0.717, 1.165) is 19.4 Å². The van der Waals surface area contributed by atoms with Gasteiger partial charge in [-0.05, 0) is 45.3 Å². The van der Waals surface area contributed by atoms with Gasteiger partial charge in [0.2, 0.25) is 0 Å². The largest absolute Gasteiger partial charge is 0.330 e. The molecule has 1 saturated heterocycles. The molecule has 0 radical (unpaired) electrons. The molecular weight excluding hydrogens is 288 g/mol. The first-order valence-electron chi connectivity index (χ1n) is 7.87. The normalized spacial score (nSPS) is 19.0. The van der Waals surface area contributed by atoms with Gasteiger partial charge in [-0.25, -0.2) is 0 Å². The van der Waals surface area contributed by atoms with Gasteiger partial charge in [-0.2, -0.15) is 17.0 Å². The van der Waals surface area contributed by atoms with Gasteiger partial charge in [0, 0.05) is 32.7 Å². The summed E-state index contributed by atoms with van der Waals surface area (Å²) < 4.78 is 28.9. The number of rotatable bonds is 8. The predicted molar refractivity (Wildman–Crippen MR) is 87.2 cm³/mol. The maximum absolute atomic E-state index is 12.8. The maximum atomic E-state index is 12.8. The van der Waals surface area contributed by atoms with Crippen LogP contribution >= 0.6 is 0 Å². The Morgan fingerprint density at radius 1 is 1.19 bits per heavy atom. The van der Waals surface area contributed by atoms with Crippen LogP contribution in [0, 0.1) is 11.8 Å². The van der Waals surface area contributed by atoms with E-state index in [4.69, 9.17) is 5.73 Å². The van der Waals surface area contributed by atoms with E-state index in [1.165, 1.54) is 0 Å². The van der Waals surface area contributed by atoms with E-state index in [9.17, 15) is 8.42 Å². The highest BCUT2D eigenvalue weighted by Gasteiger charge is 2.32. The molecule has 1 rings (SSSR count). The zero-order valence-electron chi connectivity index (χ0n) is 14.0. The Labute approximate surface area is 130 Å². The van der Waals surface area contributed by atoms with Crippen LogP contribution < -0.4 is 5.73 Å². The summed E-state index contributed by atoms with van der Waals surface area (Å²) in [5, 5.41) is 0. The molecule has 0 amide bonds. The summed E-state index contributed by atoms with van der Waals surface area (Å²) in [6.07, 6.45) is 1.75. The number of nitrogens with zero attached hydrogens (tertiary/aromatic N) is 3. The Morgan fingerprint density at radius 2 is 1.76 bits per heavy atom. The van der Waals surface area contributed by atoms with Crippen LogP contribution in [0.25, 0.3) is 0 Å². The number of nitrogens with two attached hydrogens (primary N) is 1. The van der Waals surface area contributed by atoms with Crippen LogP contribution in [0.1, 0.15) is 26.7 Å². The van der Waals surface area contributed by atoms with Crippen molar-refractivity contribution in [3.8, 4) is 0 Å². The Bertz CT molecular complexity index is 390. The summed E-state index contributed by atoms with van der Waals surface area (Å²) in [6.45, 7) is 7.83. The zero-order chi connectivity index (χ0) is 16.0. The van der Waals surface area contributed by atoms with Crippen molar-refractivity contribution in [2.45, 2.75) is 26.7 Å². The molecule has 0 unspecified atom stereocenters.